The van der Waals surface area contributed by atoms with E-state index in [1.807, 2.05) is 0 Å². The van der Waals surface area contributed by atoms with Crippen LogP contribution in [-0.2, 0) is 0 Å². The average molecular weight is 196 g/mol. The van der Waals surface area contributed by atoms with E-state index >= 15 is 0 Å². The Hall–Kier alpha value is 1.11. The minimum absolute atomic E-state index is 0. The average Bonchev–Trinajstić information content (AvgIpc) is 0.811. The molecule has 0 unspecified atom stereocenters. The molecule has 0 rings (SSSR count). The third kappa shape index (κ3) is 486. The smallest absolute Gasteiger partial charge is 1.00 e. The first-order chi connectivity index (χ1) is 1.73. The summed E-state index contributed by atoms with van der Waals surface area (Å²) in [7, 11) is -2.62. The van der Waals surface area contributed by atoms with Crippen molar-refractivity contribution < 1.29 is 73.0 Å². The molecule has 13 N–H and O–H groups in total. The molecule has 0 atom stereocenters. The largest absolute Gasteiger partial charge is 1.00 e. The monoisotopic (exact) mass is 196 g/mol. The molecule has 0 spiro atoms. The maximum absolute atomic E-state index is 7.23. The van der Waals surface area contributed by atoms with Gasteiger partial charge in [-0.3, -0.25) is 0 Å². The molecule has 0 aromatic heterocycles. The summed E-state index contributed by atoms with van der Waals surface area (Å²) in [6.45, 7) is 0. The van der Waals surface area contributed by atoms with Gasteiger partial charge in [0.25, 0.3) is 0 Å². The van der Waals surface area contributed by atoms with Crippen molar-refractivity contribution in [2.75, 3.05) is 0 Å². The minimum atomic E-state index is -2.62. The van der Waals surface area contributed by atoms with Crippen molar-refractivity contribution in [3.05, 3.63) is 0 Å². The molecule has 0 heterocycles. The maximum atomic E-state index is 7.23. The Kier molecular flexibility index (Phi) is 334. The van der Waals surface area contributed by atoms with Gasteiger partial charge in [-0.1, -0.05) is 0 Å². The van der Waals surface area contributed by atoms with Gasteiger partial charge in [0.15, 0.2) is 0 Å². The van der Waals surface area contributed by atoms with Gasteiger partial charge < -0.3 is 43.5 Å². The van der Waals surface area contributed by atoms with Crippen LogP contribution in [0.3, 0.4) is 0 Å². The van der Waals surface area contributed by atoms with E-state index in [0.29, 0.717) is 0 Å². The quantitative estimate of drug-likeness (QED) is 0.254. The molecule has 0 radical (unpaired) electrons. The first-order valence-electron chi connectivity index (χ1n) is 0.600. The van der Waals surface area contributed by atoms with Crippen molar-refractivity contribution in [3.63, 3.8) is 0 Å². The fourth-order valence-corrected chi connectivity index (χ4v) is 0. The summed E-state index contributed by atoms with van der Waals surface area (Å²) in [5, 5.41) is 0. The Morgan fingerprint density at radius 3 is 0.700 bits per heavy atom. The summed E-state index contributed by atoms with van der Waals surface area (Å²) >= 11 is 0. The van der Waals surface area contributed by atoms with Crippen LogP contribution in [0.5, 0.6) is 0 Å². The summed E-state index contributed by atoms with van der Waals surface area (Å²) in [6, 6.07) is 0. The van der Waals surface area contributed by atoms with Crippen molar-refractivity contribution in [3.8, 4) is 0 Å². The molecule has 8 nitrogen and oxygen atoms in total. The molecule has 10 heavy (non-hydrogen) atoms. The Labute approximate surface area is 81.8 Å². The summed E-state index contributed by atoms with van der Waals surface area (Å²) in [5.41, 5.74) is 0. The summed E-state index contributed by atoms with van der Waals surface area (Å²) in [4.78, 5) is 21.7. The predicted molar refractivity (Wildman–Crippen MR) is 32.8 cm³/mol. The molecule has 0 aromatic rings. The molecule has 0 saturated heterocycles. The maximum Gasteiger partial charge on any atom is 1.00 e. The molecule has 0 saturated carbocycles. The molecule has 0 aliphatic carbocycles. The van der Waals surface area contributed by atoms with Gasteiger partial charge in [0.05, 0.1) is 0 Å². The van der Waals surface area contributed by atoms with E-state index in [-0.39, 0.29) is 58.4 Å². The normalized spacial score (nSPS) is 3.60. The predicted octanol–water partition coefficient (Wildman–Crippen LogP) is -7.82. The molecular weight excluding hydrogens is 182 g/mol. The van der Waals surface area contributed by atoms with Crippen LogP contribution in [-0.4, -0.2) is 42.1 Å². The molecule has 68 valence electrons. The van der Waals surface area contributed by atoms with Crippen LogP contribution in [0.15, 0.2) is 0 Å². The van der Waals surface area contributed by atoms with Crippen molar-refractivity contribution in [2.24, 2.45) is 0 Å². The van der Waals surface area contributed by atoms with Gasteiger partial charge in [-0.25, -0.2) is 0 Å². The summed E-state index contributed by atoms with van der Waals surface area (Å²) in [5.74, 6) is 0. The van der Waals surface area contributed by atoms with Crippen molar-refractivity contribution in [1.29, 1.82) is 0 Å². The molecule has 0 bridgehead atoms. The summed E-state index contributed by atoms with van der Waals surface area (Å²) in [6.07, 6.45) is 0. The Morgan fingerprint density at radius 2 is 0.700 bits per heavy atom. The van der Waals surface area contributed by atoms with Gasteiger partial charge >= 0.3 is 38.2 Å². The topological polar surface area (TPSA) is 218 Å². The van der Waals surface area contributed by atoms with Crippen molar-refractivity contribution in [1.82, 2.24) is 0 Å². The van der Waals surface area contributed by atoms with Gasteiger partial charge in [0.2, 0.25) is 0 Å². The third-order valence-corrected chi connectivity index (χ3v) is 0. The van der Waals surface area contributed by atoms with Crippen LogP contribution in [0.4, 0.5) is 0 Å². The van der Waals surface area contributed by atoms with Crippen LogP contribution < -0.4 is 29.6 Å². The first-order valence-corrected chi connectivity index (χ1v) is 1.80. The second kappa shape index (κ2) is 49.7. The van der Waals surface area contributed by atoms with Crippen LogP contribution in [0.1, 0.15) is 1.43 Å². The molecule has 0 aliphatic rings. The Morgan fingerprint density at radius 1 is 0.700 bits per heavy atom. The van der Waals surface area contributed by atoms with Gasteiger partial charge in [0.1, 0.15) is 0 Å². The van der Waals surface area contributed by atoms with Crippen LogP contribution >= 0.6 is 8.60 Å². The zero-order valence-electron chi connectivity index (χ0n) is 6.29. The van der Waals surface area contributed by atoms with E-state index in [4.69, 9.17) is 14.7 Å². The molecular formula is H14NaO8P. The SMILES string of the molecule is O.O.O.O.O.OP(O)O.[H-].[Na+]. The van der Waals surface area contributed by atoms with E-state index in [1.54, 1.807) is 0 Å². The van der Waals surface area contributed by atoms with Gasteiger partial charge in [-0.2, -0.15) is 0 Å². The standard InChI is InChI=1S/Na.H3O3P.5H2O.H/c;1-4(2)3;;;;;;/h;1-3H;5*1H2;/q+1;;;;;;;-1. The zero-order chi connectivity index (χ0) is 3.58. The van der Waals surface area contributed by atoms with Crippen LogP contribution in [0, 0.1) is 0 Å². The fraction of sp³-hybridized carbons (Fsp3) is 0. The number of hydrogen-bond donors (Lipinski definition) is 3. The molecule has 0 fully saturated rings. The van der Waals surface area contributed by atoms with Crippen molar-refractivity contribution >= 4 is 8.60 Å². The van der Waals surface area contributed by atoms with E-state index in [0.717, 1.165) is 0 Å². The Bertz CT molecular complexity index is 18.8. The van der Waals surface area contributed by atoms with Gasteiger partial charge in [-0.05, 0) is 0 Å². The molecule has 0 amide bonds. The molecule has 10 heteroatoms. The van der Waals surface area contributed by atoms with E-state index < -0.39 is 8.60 Å². The fourth-order valence-electron chi connectivity index (χ4n) is 0. The molecule has 0 aromatic carbocycles. The third-order valence-electron chi connectivity index (χ3n) is 0. The second-order valence-corrected chi connectivity index (χ2v) is 0.805. The van der Waals surface area contributed by atoms with E-state index in [9.17, 15) is 0 Å². The van der Waals surface area contributed by atoms with Gasteiger partial charge in [-0.15, -0.1) is 0 Å². The number of rotatable bonds is 0. The summed E-state index contributed by atoms with van der Waals surface area (Å²) < 4.78 is 0. The second-order valence-electron chi connectivity index (χ2n) is 0.268. The van der Waals surface area contributed by atoms with Crippen LogP contribution in [0.2, 0.25) is 0 Å². The van der Waals surface area contributed by atoms with E-state index in [1.165, 1.54) is 0 Å². The number of hydrogen-bond acceptors (Lipinski definition) is 3. The van der Waals surface area contributed by atoms with Crippen molar-refractivity contribution in [2.45, 2.75) is 0 Å². The zero-order valence-corrected chi connectivity index (χ0v) is 8.18. The molecule has 0 aliphatic heterocycles. The minimum Gasteiger partial charge on any atom is -1.00 e. The first kappa shape index (κ1) is 67.2. The van der Waals surface area contributed by atoms with Crippen LogP contribution in [0.25, 0.3) is 0 Å². The van der Waals surface area contributed by atoms with Gasteiger partial charge in [0, 0.05) is 0 Å². The van der Waals surface area contributed by atoms with E-state index in [2.05, 4.69) is 0 Å². The Balaban J connectivity index is -0.00000000214.